The third-order valence-electron chi connectivity index (χ3n) is 4.23. The van der Waals surface area contributed by atoms with Crippen LogP contribution in [0.4, 0.5) is 0 Å². The second kappa shape index (κ2) is 8.67. The van der Waals surface area contributed by atoms with Crippen LogP contribution in [0.3, 0.4) is 0 Å². The molecule has 1 fully saturated rings. The molecule has 1 aliphatic rings. The number of rotatable bonds is 0. The molecule has 1 rings (SSSR count). The van der Waals surface area contributed by atoms with E-state index in [0.717, 1.165) is 25.7 Å². The third kappa shape index (κ3) is 7.21. The van der Waals surface area contributed by atoms with Crippen molar-refractivity contribution in [1.29, 1.82) is 0 Å². The standard InChI is InChI=1S/C19H32OSi/c1-5-18-14-12-10-8-6-7-9-11-13-15-19(18,20)16-17-21(2,3)4/h1,18,20H,6-15H2,2-4H3. The molecule has 1 saturated carbocycles. The Hall–Kier alpha value is -0.703. The molecule has 0 aromatic rings. The average Bonchev–Trinajstić information content (AvgIpc) is 2.40. The molecule has 1 N–H and O–H groups in total. The monoisotopic (exact) mass is 304 g/mol. The van der Waals surface area contributed by atoms with Crippen molar-refractivity contribution < 1.29 is 5.11 Å². The van der Waals surface area contributed by atoms with Crippen molar-refractivity contribution >= 4 is 8.07 Å². The van der Waals surface area contributed by atoms with Gasteiger partial charge in [0.25, 0.3) is 0 Å². The molecule has 0 aromatic carbocycles. The Morgan fingerprint density at radius 3 is 2.00 bits per heavy atom. The van der Waals surface area contributed by atoms with Crippen molar-refractivity contribution in [2.24, 2.45) is 5.92 Å². The smallest absolute Gasteiger partial charge is 0.138 e. The summed E-state index contributed by atoms with van der Waals surface area (Å²) in [7, 11) is -1.49. The highest BCUT2D eigenvalue weighted by molar-refractivity contribution is 6.83. The van der Waals surface area contributed by atoms with Gasteiger partial charge in [0.1, 0.15) is 13.7 Å². The van der Waals surface area contributed by atoms with Crippen LogP contribution in [0.25, 0.3) is 0 Å². The van der Waals surface area contributed by atoms with Crippen molar-refractivity contribution in [1.82, 2.24) is 0 Å². The van der Waals surface area contributed by atoms with Crippen LogP contribution in [0.5, 0.6) is 0 Å². The van der Waals surface area contributed by atoms with Gasteiger partial charge in [-0.25, -0.2) is 0 Å². The van der Waals surface area contributed by atoms with E-state index < -0.39 is 13.7 Å². The summed E-state index contributed by atoms with van der Waals surface area (Å²) in [5.41, 5.74) is 2.39. The largest absolute Gasteiger partial charge is 0.376 e. The number of terminal acetylenes is 1. The van der Waals surface area contributed by atoms with E-state index in [9.17, 15) is 5.11 Å². The minimum Gasteiger partial charge on any atom is -0.376 e. The van der Waals surface area contributed by atoms with Crippen molar-refractivity contribution in [2.45, 2.75) is 89.5 Å². The zero-order valence-corrected chi connectivity index (χ0v) is 15.2. The lowest BCUT2D eigenvalue weighted by Crippen LogP contribution is -2.37. The Morgan fingerprint density at radius 1 is 0.952 bits per heavy atom. The maximum Gasteiger partial charge on any atom is 0.138 e. The van der Waals surface area contributed by atoms with E-state index in [1.54, 1.807) is 0 Å². The first-order chi connectivity index (χ1) is 9.87. The van der Waals surface area contributed by atoms with Crippen molar-refractivity contribution in [3.63, 3.8) is 0 Å². The molecule has 2 heteroatoms. The molecule has 0 heterocycles. The minimum atomic E-state index is -1.49. The van der Waals surface area contributed by atoms with Gasteiger partial charge in [-0.3, -0.25) is 0 Å². The first-order valence-corrected chi connectivity index (χ1v) is 12.1. The highest BCUT2D eigenvalue weighted by Crippen LogP contribution is 2.29. The Morgan fingerprint density at radius 2 is 1.48 bits per heavy atom. The maximum atomic E-state index is 11.1. The van der Waals surface area contributed by atoms with Gasteiger partial charge in [-0.15, -0.1) is 12.0 Å². The van der Waals surface area contributed by atoms with Crippen molar-refractivity contribution in [3.05, 3.63) is 0 Å². The molecule has 0 radical (unpaired) electrons. The van der Waals surface area contributed by atoms with Gasteiger partial charge in [-0.2, -0.15) is 0 Å². The lowest BCUT2D eigenvalue weighted by Gasteiger charge is -2.29. The molecule has 0 saturated heterocycles. The summed E-state index contributed by atoms with van der Waals surface area (Å²) in [5, 5.41) is 11.1. The zero-order chi connectivity index (χ0) is 15.8. The fourth-order valence-corrected chi connectivity index (χ4v) is 3.47. The van der Waals surface area contributed by atoms with E-state index in [0.29, 0.717) is 0 Å². The summed E-state index contributed by atoms with van der Waals surface area (Å²) in [6.07, 6.45) is 17.2. The highest BCUT2D eigenvalue weighted by atomic mass is 28.3. The predicted octanol–water partition coefficient (Wildman–Crippen LogP) is 4.76. The molecule has 2 unspecified atom stereocenters. The first-order valence-electron chi connectivity index (χ1n) is 8.60. The molecular weight excluding hydrogens is 272 g/mol. The van der Waals surface area contributed by atoms with Crippen LogP contribution >= 0.6 is 0 Å². The fraction of sp³-hybridized carbons (Fsp3) is 0.789. The summed E-state index contributed by atoms with van der Waals surface area (Å²) in [4.78, 5) is 0. The molecule has 0 amide bonds. The van der Waals surface area contributed by atoms with Gasteiger partial charge in [-0.1, -0.05) is 76.4 Å². The van der Waals surface area contributed by atoms with Gasteiger partial charge in [0.15, 0.2) is 0 Å². The predicted molar refractivity (Wildman–Crippen MR) is 94.6 cm³/mol. The Labute approximate surface area is 132 Å². The summed E-state index contributed by atoms with van der Waals surface area (Å²) < 4.78 is 0. The summed E-state index contributed by atoms with van der Waals surface area (Å²) in [6, 6.07) is 0. The van der Waals surface area contributed by atoms with E-state index >= 15 is 0 Å². The molecule has 2 atom stereocenters. The van der Waals surface area contributed by atoms with Crippen LogP contribution < -0.4 is 0 Å². The first kappa shape index (κ1) is 18.3. The van der Waals surface area contributed by atoms with Crippen molar-refractivity contribution in [3.8, 4) is 23.8 Å². The lowest BCUT2D eigenvalue weighted by molar-refractivity contribution is 0.0454. The van der Waals surface area contributed by atoms with E-state index in [2.05, 4.69) is 37.0 Å². The van der Waals surface area contributed by atoms with E-state index in [4.69, 9.17) is 6.42 Å². The van der Waals surface area contributed by atoms with Crippen LogP contribution in [0.1, 0.15) is 64.2 Å². The fourth-order valence-electron chi connectivity index (χ4n) is 2.88. The lowest BCUT2D eigenvalue weighted by atomic mass is 9.80. The van der Waals surface area contributed by atoms with Gasteiger partial charge in [-0.05, 0) is 19.3 Å². The van der Waals surface area contributed by atoms with Gasteiger partial charge in [0.05, 0.1) is 5.92 Å². The summed E-state index contributed by atoms with van der Waals surface area (Å²) >= 11 is 0. The Balaban J connectivity index is 2.88. The van der Waals surface area contributed by atoms with Gasteiger partial charge in [0.2, 0.25) is 0 Å². The van der Waals surface area contributed by atoms with Crippen molar-refractivity contribution in [2.75, 3.05) is 0 Å². The molecule has 0 aliphatic heterocycles. The molecule has 0 spiro atoms. The number of hydrogen-bond acceptors (Lipinski definition) is 1. The van der Waals surface area contributed by atoms with Gasteiger partial charge < -0.3 is 5.11 Å². The Kier molecular flexibility index (Phi) is 7.57. The third-order valence-corrected chi connectivity index (χ3v) is 5.11. The molecule has 118 valence electrons. The Bertz CT molecular complexity index is 404. The normalized spacial score (nSPS) is 29.2. The molecule has 0 aromatic heterocycles. The van der Waals surface area contributed by atoms with Crippen LogP contribution in [0, 0.1) is 29.7 Å². The van der Waals surface area contributed by atoms with E-state index in [1.807, 2.05) is 0 Å². The van der Waals surface area contributed by atoms with Crippen LogP contribution in [0.2, 0.25) is 19.6 Å². The molecule has 1 nitrogen and oxygen atoms in total. The number of aliphatic hydroxyl groups is 1. The summed E-state index contributed by atoms with van der Waals surface area (Å²) in [6.45, 7) is 6.64. The highest BCUT2D eigenvalue weighted by Gasteiger charge is 2.33. The second-order valence-electron chi connectivity index (χ2n) is 7.51. The van der Waals surface area contributed by atoms with Gasteiger partial charge >= 0.3 is 0 Å². The van der Waals surface area contributed by atoms with Crippen LogP contribution in [-0.4, -0.2) is 18.8 Å². The molecule has 0 bridgehead atoms. The summed E-state index contributed by atoms with van der Waals surface area (Å²) in [5.74, 6) is 5.95. The molecule has 1 aliphatic carbocycles. The topological polar surface area (TPSA) is 20.2 Å². The quantitative estimate of drug-likeness (QED) is 0.505. The SMILES string of the molecule is C#CC1CCCCCCCCCCC1(O)C#C[Si](C)(C)C. The molecule has 21 heavy (non-hydrogen) atoms. The van der Waals surface area contributed by atoms with E-state index in [-0.39, 0.29) is 5.92 Å². The minimum absolute atomic E-state index is 0.110. The van der Waals surface area contributed by atoms with E-state index in [1.165, 1.54) is 38.5 Å². The van der Waals surface area contributed by atoms with Crippen LogP contribution in [0.15, 0.2) is 0 Å². The van der Waals surface area contributed by atoms with Gasteiger partial charge in [0, 0.05) is 0 Å². The van der Waals surface area contributed by atoms with Crippen LogP contribution in [-0.2, 0) is 0 Å². The maximum absolute atomic E-state index is 11.1. The molecular formula is C19H32OSi. The zero-order valence-electron chi connectivity index (χ0n) is 14.2. The number of hydrogen-bond donors (Lipinski definition) is 1. The second-order valence-corrected chi connectivity index (χ2v) is 12.3. The average molecular weight is 305 g/mol.